The van der Waals surface area contributed by atoms with Gasteiger partial charge in [0.15, 0.2) is 18.1 Å². The van der Waals surface area contributed by atoms with Crippen LogP contribution in [0.1, 0.15) is 46.8 Å². The predicted molar refractivity (Wildman–Crippen MR) is 130 cm³/mol. The Morgan fingerprint density at radius 1 is 1.03 bits per heavy atom. The number of nitrogens with one attached hydrogen (secondary N) is 1. The summed E-state index contributed by atoms with van der Waals surface area (Å²) in [5.41, 5.74) is 5.64. The van der Waals surface area contributed by atoms with E-state index in [1.807, 2.05) is 25.1 Å². The highest BCUT2D eigenvalue weighted by Crippen LogP contribution is 2.33. The third-order valence-electron chi connectivity index (χ3n) is 5.25. The lowest BCUT2D eigenvalue weighted by atomic mass is 10.0. The first kappa shape index (κ1) is 23.8. The van der Waals surface area contributed by atoms with Gasteiger partial charge in [-0.2, -0.15) is 5.10 Å². The molecular formula is C27H26N2O6. The molecule has 4 rings (SSSR count). The van der Waals surface area contributed by atoms with Gasteiger partial charge in [0, 0.05) is 0 Å². The number of benzene rings is 3. The van der Waals surface area contributed by atoms with Gasteiger partial charge in [0.2, 0.25) is 6.79 Å². The zero-order valence-electron chi connectivity index (χ0n) is 19.7. The normalized spacial score (nSPS) is 12.1. The fourth-order valence-electron chi connectivity index (χ4n) is 3.41. The second-order valence-corrected chi connectivity index (χ2v) is 8.30. The third kappa shape index (κ3) is 6.17. The maximum Gasteiger partial charge on any atom is 0.343 e. The third-order valence-corrected chi connectivity index (χ3v) is 5.25. The Hall–Kier alpha value is -4.33. The molecule has 0 aromatic heterocycles. The largest absolute Gasteiger partial charge is 0.483 e. The summed E-state index contributed by atoms with van der Waals surface area (Å²) in [5.74, 6) is 1.59. The summed E-state index contributed by atoms with van der Waals surface area (Å²) in [6.07, 6.45) is 1.49. The number of nitrogens with zero attached hydrogens (tertiary/aromatic N) is 1. The second-order valence-electron chi connectivity index (χ2n) is 8.30. The Balaban J connectivity index is 1.27. The monoisotopic (exact) mass is 474 g/mol. The maximum absolute atomic E-state index is 12.4. The van der Waals surface area contributed by atoms with Crippen molar-refractivity contribution in [1.82, 2.24) is 5.43 Å². The van der Waals surface area contributed by atoms with Crippen molar-refractivity contribution in [3.8, 4) is 23.0 Å². The molecule has 0 fully saturated rings. The molecule has 0 saturated heterocycles. The van der Waals surface area contributed by atoms with Crippen molar-refractivity contribution in [2.45, 2.75) is 26.7 Å². The summed E-state index contributed by atoms with van der Waals surface area (Å²) in [4.78, 5) is 24.5. The molecule has 0 spiro atoms. The van der Waals surface area contributed by atoms with Gasteiger partial charge >= 0.3 is 5.97 Å². The van der Waals surface area contributed by atoms with Gasteiger partial charge < -0.3 is 18.9 Å². The van der Waals surface area contributed by atoms with Crippen molar-refractivity contribution >= 4 is 18.1 Å². The molecule has 1 aliphatic heterocycles. The number of amides is 1. The Morgan fingerprint density at radius 2 is 1.80 bits per heavy atom. The molecule has 0 atom stereocenters. The fraction of sp³-hybridized carbons (Fsp3) is 0.222. The van der Waals surface area contributed by atoms with Crippen LogP contribution in [-0.4, -0.2) is 31.5 Å². The number of fused-ring (bicyclic) bond motifs is 1. The van der Waals surface area contributed by atoms with E-state index in [4.69, 9.17) is 18.9 Å². The molecule has 3 aromatic rings. The van der Waals surface area contributed by atoms with Crippen LogP contribution in [0, 0.1) is 6.92 Å². The van der Waals surface area contributed by atoms with Crippen LogP contribution in [0.3, 0.4) is 0 Å². The van der Waals surface area contributed by atoms with Gasteiger partial charge in [0.05, 0.1) is 11.8 Å². The van der Waals surface area contributed by atoms with E-state index in [1.165, 1.54) is 6.21 Å². The second kappa shape index (κ2) is 10.7. The van der Waals surface area contributed by atoms with Gasteiger partial charge in [-0.3, -0.25) is 4.79 Å². The quantitative estimate of drug-likeness (QED) is 0.222. The number of esters is 1. The molecule has 1 heterocycles. The topological polar surface area (TPSA) is 95.5 Å². The van der Waals surface area contributed by atoms with E-state index in [0.717, 1.165) is 16.7 Å². The first-order valence-corrected chi connectivity index (χ1v) is 11.2. The van der Waals surface area contributed by atoms with E-state index in [9.17, 15) is 9.59 Å². The molecule has 8 heteroatoms. The number of hydrogen-bond acceptors (Lipinski definition) is 7. The van der Waals surface area contributed by atoms with E-state index in [-0.39, 0.29) is 25.2 Å². The molecule has 35 heavy (non-hydrogen) atoms. The van der Waals surface area contributed by atoms with Crippen LogP contribution in [0.5, 0.6) is 23.0 Å². The molecule has 0 radical (unpaired) electrons. The highest BCUT2D eigenvalue weighted by Gasteiger charge is 2.17. The molecule has 1 N–H and O–H groups in total. The summed E-state index contributed by atoms with van der Waals surface area (Å²) in [7, 11) is 0. The van der Waals surface area contributed by atoms with E-state index < -0.39 is 5.97 Å². The molecule has 0 saturated carbocycles. The van der Waals surface area contributed by atoms with E-state index in [1.54, 1.807) is 42.5 Å². The van der Waals surface area contributed by atoms with E-state index in [0.29, 0.717) is 28.6 Å². The molecule has 1 amide bonds. The number of ether oxygens (including phenoxy) is 4. The zero-order chi connectivity index (χ0) is 24.8. The summed E-state index contributed by atoms with van der Waals surface area (Å²) >= 11 is 0. The standard InChI is InChI=1S/C27H26N2O6/c1-17(2)22-10-4-18(3)12-24(22)32-15-26(30)29-28-14-19-5-8-21(9-6-19)35-27(31)20-7-11-23-25(13-20)34-16-33-23/h4-14,17H,15-16H2,1-3H3,(H,29,30)/b28-14-. The summed E-state index contributed by atoms with van der Waals surface area (Å²) in [6.45, 7) is 6.12. The summed E-state index contributed by atoms with van der Waals surface area (Å²) in [5, 5.41) is 3.96. The lowest BCUT2D eigenvalue weighted by Crippen LogP contribution is -2.25. The van der Waals surface area contributed by atoms with Crippen LogP contribution in [0.4, 0.5) is 0 Å². The van der Waals surface area contributed by atoms with Crippen molar-refractivity contribution in [2.75, 3.05) is 13.4 Å². The minimum absolute atomic E-state index is 0.135. The average Bonchev–Trinajstić information content (AvgIpc) is 3.31. The molecule has 0 unspecified atom stereocenters. The summed E-state index contributed by atoms with van der Waals surface area (Å²) < 4.78 is 21.6. The SMILES string of the molecule is Cc1ccc(C(C)C)c(OCC(=O)N/N=C\c2ccc(OC(=O)c3ccc4c(c3)OCO4)cc2)c1. The average molecular weight is 475 g/mol. The number of hydrogen-bond donors (Lipinski definition) is 1. The molecule has 3 aromatic carbocycles. The highest BCUT2D eigenvalue weighted by molar-refractivity contribution is 5.92. The van der Waals surface area contributed by atoms with Crippen LogP contribution in [-0.2, 0) is 4.79 Å². The van der Waals surface area contributed by atoms with Gasteiger partial charge in [-0.1, -0.05) is 26.0 Å². The minimum Gasteiger partial charge on any atom is -0.483 e. The van der Waals surface area contributed by atoms with Crippen LogP contribution in [0.2, 0.25) is 0 Å². The van der Waals surface area contributed by atoms with Gasteiger partial charge in [-0.05, 0) is 78.1 Å². The van der Waals surface area contributed by atoms with Gasteiger partial charge in [0.25, 0.3) is 5.91 Å². The first-order valence-electron chi connectivity index (χ1n) is 11.2. The number of hydrazone groups is 1. The Kier molecular flexibility index (Phi) is 7.30. The molecule has 180 valence electrons. The van der Waals surface area contributed by atoms with E-state index in [2.05, 4.69) is 24.4 Å². The van der Waals surface area contributed by atoms with Gasteiger partial charge in [0.1, 0.15) is 11.5 Å². The molecule has 1 aliphatic rings. The minimum atomic E-state index is -0.508. The number of rotatable bonds is 8. The van der Waals surface area contributed by atoms with Crippen molar-refractivity contribution in [1.29, 1.82) is 0 Å². The highest BCUT2D eigenvalue weighted by atomic mass is 16.7. The lowest BCUT2D eigenvalue weighted by Gasteiger charge is -2.14. The summed E-state index contributed by atoms with van der Waals surface area (Å²) in [6, 6.07) is 17.6. The number of aryl methyl sites for hydroxylation is 1. The number of carbonyl (C=O) groups is 2. The molecule has 0 aliphatic carbocycles. The van der Waals surface area contributed by atoms with Crippen LogP contribution >= 0.6 is 0 Å². The van der Waals surface area contributed by atoms with Crippen molar-refractivity contribution in [3.05, 3.63) is 82.9 Å². The Bertz CT molecular complexity index is 1250. The predicted octanol–water partition coefficient (Wildman–Crippen LogP) is 4.60. The first-order chi connectivity index (χ1) is 16.9. The van der Waals surface area contributed by atoms with Crippen LogP contribution in [0.15, 0.2) is 65.8 Å². The van der Waals surface area contributed by atoms with Gasteiger partial charge in [-0.25, -0.2) is 10.2 Å². The maximum atomic E-state index is 12.4. The van der Waals surface area contributed by atoms with Crippen LogP contribution in [0.25, 0.3) is 0 Å². The smallest absolute Gasteiger partial charge is 0.343 e. The Morgan fingerprint density at radius 3 is 2.57 bits per heavy atom. The van der Waals surface area contributed by atoms with Crippen molar-refractivity contribution < 1.29 is 28.5 Å². The molecular weight excluding hydrogens is 448 g/mol. The van der Waals surface area contributed by atoms with E-state index >= 15 is 0 Å². The fourth-order valence-corrected chi connectivity index (χ4v) is 3.41. The van der Waals surface area contributed by atoms with Crippen molar-refractivity contribution in [2.24, 2.45) is 5.10 Å². The Labute approximate surface area is 203 Å². The van der Waals surface area contributed by atoms with Crippen LogP contribution < -0.4 is 24.4 Å². The molecule has 0 bridgehead atoms. The zero-order valence-corrected chi connectivity index (χ0v) is 19.7. The lowest BCUT2D eigenvalue weighted by molar-refractivity contribution is -0.123. The number of carbonyl (C=O) groups excluding carboxylic acids is 2. The van der Waals surface area contributed by atoms with Gasteiger partial charge in [-0.15, -0.1) is 0 Å². The van der Waals surface area contributed by atoms with Crippen molar-refractivity contribution in [3.63, 3.8) is 0 Å². The molecule has 8 nitrogen and oxygen atoms in total.